The zero-order chi connectivity index (χ0) is 18.9. The largest absolute Gasteiger partial charge is 0.379 e. The molecule has 7 nitrogen and oxygen atoms in total. The monoisotopic (exact) mass is 446 g/mol. The molecule has 29 heavy (non-hydrogen) atoms. The van der Waals surface area contributed by atoms with Crippen molar-refractivity contribution in [1.82, 2.24) is 15.5 Å². The number of carbonyl (C=O) groups is 2. The van der Waals surface area contributed by atoms with Crippen molar-refractivity contribution in [1.29, 1.82) is 0 Å². The molecule has 1 unspecified atom stereocenters. The molecule has 2 saturated heterocycles. The van der Waals surface area contributed by atoms with Crippen LogP contribution >= 0.6 is 24.8 Å². The van der Waals surface area contributed by atoms with Crippen molar-refractivity contribution in [3.8, 4) is 0 Å². The Kier molecular flexibility index (Phi) is 12.2. The highest BCUT2D eigenvalue weighted by Crippen LogP contribution is 2.12. The number of amides is 2. The van der Waals surface area contributed by atoms with E-state index in [1.54, 1.807) is 0 Å². The van der Waals surface area contributed by atoms with E-state index in [1.165, 1.54) is 0 Å². The van der Waals surface area contributed by atoms with Crippen LogP contribution in [0.4, 0.5) is 5.69 Å². The Morgan fingerprint density at radius 2 is 1.97 bits per heavy atom. The molecule has 0 saturated carbocycles. The fourth-order valence-electron chi connectivity index (χ4n) is 3.49. The maximum Gasteiger partial charge on any atom is 0.225 e. The minimum atomic E-state index is 0. The van der Waals surface area contributed by atoms with Gasteiger partial charge in [-0.05, 0) is 37.1 Å². The van der Waals surface area contributed by atoms with Crippen LogP contribution in [0.3, 0.4) is 0 Å². The molecule has 3 N–H and O–H groups in total. The zero-order valence-corrected chi connectivity index (χ0v) is 18.3. The van der Waals surface area contributed by atoms with Crippen LogP contribution in [0.5, 0.6) is 0 Å². The molecule has 9 heteroatoms. The lowest BCUT2D eigenvalue weighted by Crippen LogP contribution is -2.38. The number of anilines is 1. The SMILES string of the molecule is Cl.Cl.O=C(CC1CCCN1)NCc1cccc(NC(=O)CCN2CCOCC2)c1. The molecule has 2 aliphatic heterocycles. The standard InChI is InChI=1S/C20H30N4O3.2ClH/c25-19(6-8-24-9-11-27-12-10-24)23-18-4-1-3-16(13-18)15-22-20(26)14-17-5-2-7-21-17;;/h1,3-4,13,17,21H,2,5-12,14-15H2,(H,22,26)(H,23,25);2*1H. The molecule has 1 aromatic carbocycles. The van der Waals surface area contributed by atoms with Gasteiger partial charge >= 0.3 is 0 Å². The van der Waals surface area contributed by atoms with Gasteiger partial charge in [0.05, 0.1) is 13.2 Å². The summed E-state index contributed by atoms with van der Waals surface area (Å²) < 4.78 is 5.32. The summed E-state index contributed by atoms with van der Waals surface area (Å²) in [5, 5.41) is 9.25. The first kappa shape index (κ1) is 25.7. The molecule has 1 aromatic rings. The molecule has 0 bridgehead atoms. The van der Waals surface area contributed by atoms with Crippen LogP contribution in [0.2, 0.25) is 0 Å². The average molecular weight is 447 g/mol. The van der Waals surface area contributed by atoms with Crippen LogP contribution in [0.15, 0.2) is 24.3 Å². The van der Waals surface area contributed by atoms with Crippen molar-refractivity contribution < 1.29 is 14.3 Å². The van der Waals surface area contributed by atoms with Gasteiger partial charge in [0.25, 0.3) is 0 Å². The molecule has 164 valence electrons. The first-order valence-corrected chi connectivity index (χ1v) is 9.88. The third-order valence-corrected chi connectivity index (χ3v) is 5.05. The van der Waals surface area contributed by atoms with Crippen molar-refractivity contribution in [3.05, 3.63) is 29.8 Å². The number of halogens is 2. The van der Waals surface area contributed by atoms with Gasteiger partial charge in [-0.3, -0.25) is 14.5 Å². The number of hydrogen-bond acceptors (Lipinski definition) is 5. The van der Waals surface area contributed by atoms with Crippen LogP contribution in [-0.2, 0) is 20.9 Å². The van der Waals surface area contributed by atoms with Gasteiger partial charge in [0.15, 0.2) is 0 Å². The summed E-state index contributed by atoms with van der Waals surface area (Å²) >= 11 is 0. The predicted octanol–water partition coefficient (Wildman–Crippen LogP) is 1.95. The summed E-state index contributed by atoms with van der Waals surface area (Å²) in [6.45, 7) is 5.49. The summed E-state index contributed by atoms with van der Waals surface area (Å²) in [6, 6.07) is 7.96. The third-order valence-electron chi connectivity index (χ3n) is 5.05. The summed E-state index contributed by atoms with van der Waals surface area (Å²) in [5.41, 5.74) is 1.75. The summed E-state index contributed by atoms with van der Waals surface area (Å²) in [6.07, 6.45) is 3.21. The van der Waals surface area contributed by atoms with E-state index in [9.17, 15) is 9.59 Å². The van der Waals surface area contributed by atoms with E-state index in [4.69, 9.17) is 4.74 Å². The second-order valence-corrected chi connectivity index (χ2v) is 7.23. The van der Waals surface area contributed by atoms with Crippen LogP contribution in [0, 0.1) is 0 Å². The van der Waals surface area contributed by atoms with Crippen LogP contribution in [-0.4, -0.2) is 62.1 Å². The Bertz CT molecular complexity index is 636. The molecule has 3 rings (SSSR count). The van der Waals surface area contributed by atoms with E-state index in [0.29, 0.717) is 25.4 Å². The Morgan fingerprint density at radius 1 is 1.17 bits per heavy atom. The van der Waals surface area contributed by atoms with Crippen LogP contribution in [0.1, 0.15) is 31.2 Å². The topological polar surface area (TPSA) is 82.7 Å². The highest BCUT2D eigenvalue weighted by molar-refractivity contribution is 5.90. The van der Waals surface area contributed by atoms with Crippen LogP contribution in [0.25, 0.3) is 0 Å². The number of nitrogens with zero attached hydrogens (tertiary/aromatic N) is 1. The van der Waals surface area contributed by atoms with Gasteiger partial charge in [0, 0.05) is 50.7 Å². The van der Waals surface area contributed by atoms with Gasteiger partial charge in [-0.25, -0.2) is 0 Å². The first-order chi connectivity index (χ1) is 13.2. The Balaban J connectivity index is 0.00000210. The van der Waals surface area contributed by atoms with Gasteiger partial charge in [-0.2, -0.15) is 0 Å². The quantitative estimate of drug-likeness (QED) is 0.568. The second kappa shape index (κ2) is 13.8. The van der Waals surface area contributed by atoms with Crippen molar-refractivity contribution in [2.75, 3.05) is 44.7 Å². The van der Waals surface area contributed by atoms with Crippen molar-refractivity contribution in [2.24, 2.45) is 0 Å². The molecule has 0 aromatic heterocycles. The molecular formula is C20H32Cl2N4O3. The molecule has 0 spiro atoms. The fourth-order valence-corrected chi connectivity index (χ4v) is 3.49. The Hall–Kier alpha value is -1.38. The summed E-state index contributed by atoms with van der Waals surface area (Å²) in [4.78, 5) is 26.5. The predicted molar refractivity (Wildman–Crippen MR) is 119 cm³/mol. The van der Waals surface area contributed by atoms with Crippen molar-refractivity contribution >= 4 is 42.3 Å². The molecule has 2 heterocycles. The maximum atomic E-state index is 12.2. The lowest BCUT2D eigenvalue weighted by Gasteiger charge is -2.26. The average Bonchev–Trinajstić information content (AvgIpc) is 3.19. The van der Waals surface area contributed by atoms with Gasteiger partial charge < -0.3 is 20.7 Å². The molecule has 2 aliphatic rings. The minimum Gasteiger partial charge on any atom is -0.379 e. The number of carbonyl (C=O) groups excluding carboxylic acids is 2. The molecule has 0 radical (unpaired) electrons. The number of rotatable bonds is 8. The normalized spacial score (nSPS) is 19.0. The molecule has 2 fully saturated rings. The van der Waals surface area contributed by atoms with Gasteiger partial charge in [0.2, 0.25) is 11.8 Å². The van der Waals surface area contributed by atoms with Crippen molar-refractivity contribution in [3.63, 3.8) is 0 Å². The number of benzene rings is 1. The molecule has 0 aliphatic carbocycles. The Labute approximate surface area is 185 Å². The van der Waals surface area contributed by atoms with Crippen molar-refractivity contribution in [2.45, 2.75) is 38.3 Å². The highest BCUT2D eigenvalue weighted by Gasteiger charge is 2.17. The van der Waals surface area contributed by atoms with E-state index in [2.05, 4.69) is 20.9 Å². The molecule has 2 amide bonds. The van der Waals surface area contributed by atoms with E-state index < -0.39 is 0 Å². The summed E-state index contributed by atoms with van der Waals surface area (Å²) in [5.74, 6) is 0.0735. The smallest absolute Gasteiger partial charge is 0.225 e. The summed E-state index contributed by atoms with van der Waals surface area (Å²) in [7, 11) is 0. The van der Waals surface area contributed by atoms with Gasteiger partial charge in [0.1, 0.15) is 0 Å². The third kappa shape index (κ3) is 9.31. The van der Waals surface area contributed by atoms with E-state index in [-0.39, 0.29) is 36.6 Å². The molecular weight excluding hydrogens is 415 g/mol. The van der Waals surface area contributed by atoms with Gasteiger partial charge in [-0.15, -0.1) is 24.8 Å². The number of hydrogen-bond donors (Lipinski definition) is 3. The lowest BCUT2D eigenvalue weighted by molar-refractivity contribution is -0.121. The first-order valence-electron chi connectivity index (χ1n) is 9.88. The van der Waals surface area contributed by atoms with Gasteiger partial charge in [-0.1, -0.05) is 12.1 Å². The number of nitrogens with one attached hydrogen (secondary N) is 3. The minimum absolute atomic E-state index is 0. The lowest BCUT2D eigenvalue weighted by atomic mass is 10.1. The molecule has 1 atom stereocenters. The van der Waals surface area contributed by atoms with E-state index in [0.717, 1.165) is 63.5 Å². The van der Waals surface area contributed by atoms with E-state index >= 15 is 0 Å². The van der Waals surface area contributed by atoms with E-state index in [1.807, 2.05) is 24.3 Å². The Morgan fingerprint density at radius 3 is 2.69 bits per heavy atom. The maximum absolute atomic E-state index is 12.2. The van der Waals surface area contributed by atoms with Crippen LogP contribution < -0.4 is 16.0 Å². The number of ether oxygens (including phenoxy) is 1. The second-order valence-electron chi connectivity index (χ2n) is 7.23. The highest BCUT2D eigenvalue weighted by atomic mass is 35.5. The fraction of sp³-hybridized carbons (Fsp3) is 0.600. The number of morpholine rings is 1. The zero-order valence-electron chi connectivity index (χ0n) is 16.7.